The van der Waals surface area contributed by atoms with Crippen LogP contribution in [0.1, 0.15) is 23.9 Å². The van der Waals surface area contributed by atoms with Crippen molar-refractivity contribution in [3.63, 3.8) is 0 Å². The highest BCUT2D eigenvalue weighted by atomic mass is 32.1. The number of rotatable bonds is 5. The Morgan fingerprint density at radius 1 is 1.35 bits per heavy atom. The molecule has 0 radical (unpaired) electrons. The van der Waals surface area contributed by atoms with E-state index in [2.05, 4.69) is 15.3 Å². The van der Waals surface area contributed by atoms with Gasteiger partial charge in [-0.25, -0.2) is 9.97 Å². The first-order valence-electron chi connectivity index (χ1n) is 6.36. The molecule has 0 saturated carbocycles. The van der Waals surface area contributed by atoms with Crippen LogP contribution >= 0.6 is 11.3 Å². The zero-order valence-corrected chi connectivity index (χ0v) is 12.5. The highest BCUT2D eigenvalue weighted by molar-refractivity contribution is 7.15. The molecule has 2 aromatic rings. The molecule has 0 aromatic carbocycles. The Labute approximate surface area is 121 Å². The second-order valence-electron chi connectivity index (χ2n) is 4.42. The van der Waals surface area contributed by atoms with Gasteiger partial charge in [0.2, 0.25) is 5.95 Å². The second kappa shape index (κ2) is 5.96. The lowest BCUT2D eigenvalue weighted by Gasteiger charge is -2.07. The number of nitro groups is 1. The van der Waals surface area contributed by atoms with E-state index in [1.54, 1.807) is 6.92 Å². The lowest BCUT2D eigenvalue weighted by molar-refractivity contribution is -0.385. The first-order chi connectivity index (χ1) is 9.52. The standard InChI is InChI=1S/C13H16N4O2S/c1-4-7-14-13-15-9(3)12(17(18)19)11(16-13)10-6-5-8(2)20-10/h5-6H,4,7H2,1-3H3,(H,14,15,16). The maximum absolute atomic E-state index is 11.3. The Balaban J connectivity index is 2.55. The van der Waals surface area contributed by atoms with Crippen LogP contribution in [0.3, 0.4) is 0 Å². The minimum Gasteiger partial charge on any atom is -0.354 e. The fourth-order valence-corrected chi connectivity index (χ4v) is 2.69. The molecule has 0 aliphatic heterocycles. The third kappa shape index (κ3) is 2.93. The van der Waals surface area contributed by atoms with E-state index in [0.29, 0.717) is 17.3 Å². The fraction of sp³-hybridized carbons (Fsp3) is 0.385. The molecule has 2 heterocycles. The highest BCUT2D eigenvalue weighted by Crippen LogP contribution is 2.35. The van der Waals surface area contributed by atoms with E-state index in [-0.39, 0.29) is 5.69 Å². The van der Waals surface area contributed by atoms with Crippen molar-refractivity contribution in [1.29, 1.82) is 0 Å². The summed E-state index contributed by atoms with van der Waals surface area (Å²) in [7, 11) is 0. The zero-order chi connectivity index (χ0) is 14.7. The predicted molar refractivity (Wildman–Crippen MR) is 80.3 cm³/mol. The molecule has 6 nitrogen and oxygen atoms in total. The lowest BCUT2D eigenvalue weighted by Crippen LogP contribution is -2.08. The van der Waals surface area contributed by atoms with Gasteiger partial charge >= 0.3 is 5.69 Å². The monoisotopic (exact) mass is 292 g/mol. The van der Waals surface area contributed by atoms with Crippen molar-refractivity contribution in [3.05, 3.63) is 32.8 Å². The number of anilines is 1. The van der Waals surface area contributed by atoms with Crippen LogP contribution in [0, 0.1) is 24.0 Å². The average Bonchev–Trinajstić information content (AvgIpc) is 2.81. The van der Waals surface area contributed by atoms with Gasteiger partial charge in [-0.2, -0.15) is 0 Å². The lowest BCUT2D eigenvalue weighted by atomic mass is 10.2. The van der Waals surface area contributed by atoms with Gasteiger partial charge in [0.15, 0.2) is 5.69 Å². The summed E-state index contributed by atoms with van der Waals surface area (Å²) in [4.78, 5) is 21.2. The summed E-state index contributed by atoms with van der Waals surface area (Å²) in [6.45, 7) is 6.38. The molecule has 0 aliphatic carbocycles. The van der Waals surface area contributed by atoms with E-state index in [1.165, 1.54) is 11.3 Å². The van der Waals surface area contributed by atoms with Crippen molar-refractivity contribution in [3.8, 4) is 10.6 Å². The summed E-state index contributed by atoms with van der Waals surface area (Å²) in [6.07, 6.45) is 0.937. The van der Waals surface area contributed by atoms with E-state index in [1.807, 2.05) is 26.0 Å². The molecule has 0 amide bonds. The van der Waals surface area contributed by atoms with Crippen molar-refractivity contribution < 1.29 is 4.92 Å². The van der Waals surface area contributed by atoms with Gasteiger partial charge in [-0.1, -0.05) is 6.92 Å². The van der Waals surface area contributed by atoms with Gasteiger partial charge in [-0.15, -0.1) is 11.3 Å². The second-order valence-corrected chi connectivity index (χ2v) is 5.71. The van der Waals surface area contributed by atoms with Gasteiger partial charge in [0.1, 0.15) is 5.69 Å². The predicted octanol–water partition coefficient (Wildman–Crippen LogP) is 3.55. The Kier molecular flexibility index (Phi) is 4.29. The Hall–Kier alpha value is -2.02. The first kappa shape index (κ1) is 14.4. The number of thiophene rings is 1. The van der Waals surface area contributed by atoms with Crippen LogP contribution in [0.15, 0.2) is 12.1 Å². The third-order valence-electron chi connectivity index (χ3n) is 2.75. The topological polar surface area (TPSA) is 81.0 Å². The maximum Gasteiger partial charge on any atom is 0.317 e. The van der Waals surface area contributed by atoms with Crippen molar-refractivity contribution in [2.45, 2.75) is 27.2 Å². The Bertz CT molecular complexity index is 639. The molecule has 1 N–H and O–H groups in total. The van der Waals surface area contributed by atoms with Crippen LogP contribution in [0.5, 0.6) is 0 Å². The summed E-state index contributed by atoms with van der Waals surface area (Å²) >= 11 is 1.49. The molecule has 106 valence electrons. The van der Waals surface area contributed by atoms with E-state index >= 15 is 0 Å². The number of hydrogen-bond acceptors (Lipinski definition) is 6. The molecule has 0 atom stereocenters. The van der Waals surface area contributed by atoms with Gasteiger partial charge in [0.05, 0.1) is 9.80 Å². The summed E-state index contributed by atoms with van der Waals surface area (Å²) in [6, 6.07) is 3.79. The van der Waals surface area contributed by atoms with Gasteiger partial charge in [-0.3, -0.25) is 10.1 Å². The molecular formula is C13H16N4O2S. The van der Waals surface area contributed by atoms with Crippen molar-refractivity contribution in [2.75, 3.05) is 11.9 Å². The molecule has 2 aromatic heterocycles. The summed E-state index contributed by atoms with van der Waals surface area (Å²) in [5.74, 6) is 0.441. The van der Waals surface area contributed by atoms with Crippen LogP contribution in [-0.2, 0) is 0 Å². The molecule has 20 heavy (non-hydrogen) atoms. The van der Waals surface area contributed by atoms with Crippen molar-refractivity contribution in [2.24, 2.45) is 0 Å². The maximum atomic E-state index is 11.3. The molecule has 0 aliphatic rings. The number of aryl methyl sites for hydroxylation is 2. The Morgan fingerprint density at radius 2 is 2.10 bits per heavy atom. The van der Waals surface area contributed by atoms with Crippen LogP contribution in [0.2, 0.25) is 0 Å². The van der Waals surface area contributed by atoms with E-state index in [4.69, 9.17) is 0 Å². The summed E-state index contributed by atoms with van der Waals surface area (Å²) in [5.41, 5.74) is 0.748. The quantitative estimate of drug-likeness (QED) is 0.673. The van der Waals surface area contributed by atoms with E-state index < -0.39 is 4.92 Å². The van der Waals surface area contributed by atoms with E-state index in [9.17, 15) is 10.1 Å². The largest absolute Gasteiger partial charge is 0.354 e. The van der Waals surface area contributed by atoms with E-state index in [0.717, 1.165) is 22.7 Å². The molecule has 7 heteroatoms. The fourth-order valence-electron chi connectivity index (χ4n) is 1.84. The van der Waals surface area contributed by atoms with Crippen LogP contribution in [0.4, 0.5) is 11.6 Å². The van der Waals surface area contributed by atoms with Crippen molar-refractivity contribution in [1.82, 2.24) is 9.97 Å². The van der Waals surface area contributed by atoms with Crippen LogP contribution < -0.4 is 5.32 Å². The Morgan fingerprint density at radius 3 is 2.65 bits per heavy atom. The number of hydrogen-bond donors (Lipinski definition) is 1. The summed E-state index contributed by atoms with van der Waals surface area (Å²) in [5, 5.41) is 14.3. The van der Waals surface area contributed by atoms with Gasteiger partial charge in [0.25, 0.3) is 0 Å². The van der Waals surface area contributed by atoms with Gasteiger partial charge in [0, 0.05) is 11.4 Å². The molecule has 0 bridgehead atoms. The third-order valence-corrected chi connectivity index (χ3v) is 3.76. The number of aromatic nitrogens is 2. The molecular weight excluding hydrogens is 276 g/mol. The first-order valence-corrected chi connectivity index (χ1v) is 7.18. The SMILES string of the molecule is CCCNc1nc(C)c([N+](=O)[O-])c(-c2ccc(C)s2)n1. The molecule has 0 spiro atoms. The minimum absolute atomic E-state index is 0.0195. The van der Waals surface area contributed by atoms with Crippen LogP contribution in [0.25, 0.3) is 10.6 Å². The van der Waals surface area contributed by atoms with Crippen LogP contribution in [-0.4, -0.2) is 21.4 Å². The zero-order valence-electron chi connectivity index (χ0n) is 11.6. The number of nitrogens with one attached hydrogen (secondary N) is 1. The summed E-state index contributed by atoms with van der Waals surface area (Å²) < 4.78 is 0. The molecule has 0 unspecified atom stereocenters. The van der Waals surface area contributed by atoms with Gasteiger partial charge < -0.3 is 5.32 Å². The van der Waals surface area contributed by atoms with Crippen molar-refractivity contribution >= 4 is 23.0 Å². The normalized spacial score (nSPS) is 10.6. The molecule has 0 saturated heterocycles. The number of nitrogens with zero attached hydrogens (tertiary/aromatic N) is 3. The molecule has 0 fully saturated rings. The average molecular weight is 292 g/mol. The smallest absolute Gasteiger partial charge is 0.317 e. The highest BCUT2D eigenvalue weighted by Gasteiger charge is 2.24. The minimum atomic E-state index is -0.413. The molecule has 2 rings (SSSR count). The van der Waals surface area contributed by atoms with Gasteiger partial charge in [-0.05, 0) is 32.4 Å².